The van der Waals surface area contributed by atoms with Crippen LogP contribution in [0.2, 0.25) is 0 Å². The van der Waals surface area contributed by atoms with E-state index in [2.05, 4.69) is 4.74 Å². The Hall–Kier alpha value is -1.84. The van der Waals surface area contributed by atoms with Crippen molar-refractivity contribution in [3.05, 3.63) is 29.3 Å². The number of Topliss-reactive ketones (excluding diaryl/α,β-unsaturated/α-hetero) is 1. The van der Waals surface area contributed by atoms with E-state index in [-0.39, 0.29) is 18.2 Å². The van der Waals surface area contributed by atoms with E-state index in [1.165, 1.54) is 7.11 Å². The zero-order valence-corrected chi connectivity index (χ0v) is 12.5. The molecule has 0 saturated carbocycles. The maximum Gasteiger partial charge on any atom is 0.305 e. The van der Waals surface area contributed by atoms with Gasteiger partial charge in [-0.15, -0.1) is 0 Å². The number of esters is 1. The van der Waals surface area contributed by atoms with Crippen LogP contribution in [0.25, 0.3) is 0 Å². The number of hydrogen-bond donors (Lipinski definition) is 0. The summed E-state index contributed by atoms with van der Waals surface area (Å²) in [6, 6.07) is 5.62. The van der Waals surface area contributed by atoms with E-state index < -0.39 is 0 Å². The van der Waals surface area contributed by atoms with E-state index in [1.54, 1.807) is 0 Å². The Morgan fingerprint density at radius 3 is 2.86 bits per heavy atom. The van der Waals surface area contributed by atoms with E-state index in [9.17, 15) is 9.59 Å². The normalized spacial score (nSPS) is 15.8. The number of fused-ring (bicyclic) bond motifs is 1. The molecule has 0 spiro atoms. The van der Waals surface area contributed by atoms with Crippen molar-refractivity contribution in [1.82, 2.24) is 0 Å². The number of ether oxygens (including phenoxy) is 2. The number of ketones is 1. The molecule has 1 aliphatic rings. The van der Waals surface area contributed by atoms with Gasteiger partial charge in [0.05, 0.1) is 19.3 Å². The van der Waals surface area contributed by atoms with Gasteiger partial charge < -0.3 is 9.47 Å². The van der Waals surface area contributed by atoms with Crippen molar-refractivity contribution in [2.75, 3.05) is 13.7 Å². The Balaban J connectivity index is 2.24. The monoisotopic (exact) mass is 290 g/mol. The van der Waals surface area contributed by atoms with Crippen LogP contribution in [0.5, 0.6) is 5.75 Å². The molecule has 2 rings (SSSR count). The minimum absolute atomic E-state index is 0.118. The molecule has 0 atom stereocenters. The molecule has 21 heavy (non-hydrogen) atoms. The van der Waals surface area contributed by atoms with Gasteiger partial charge in [0.25, 0.3) is 0 Å². The fourth-order valence-corrected chi connectivity index (χ4v) is 2.61. The summed E-state index contributed by atoms with van der Waals surface area (Å²) >= 11 is 0. The van der Waals surface area contributed by atoms with Gasteiger partial charge in [-0.3, -0.25) is 9.59 Å². The summed E-state index contributed by atoms with van der Waals surface area (Å²) in [6.07, 6.45) is 5.43. The second kappa shape index (κ2) is 7.81. The van der Waals surface area contributed by atoms with Crippen molar-refractivity contribution in [2.24, 2.45) is 0 Å². The zero-order valence-electron chi connectivity index (χ0n) is 12.5. The molecule has 0 bridgehead atoms. The molecule has 0 N–H and O–H groups in total. The number of aryl methyl sites for hydroxylation is 1. The lowest BCUT2D eigenvalue weighted by Crippen LogP contribution is -2.11. The Labute approximate surface area is 125 Å². The first-order valence-corrected chi connectivity index (χ1v) is 7.57. The minimum Gasteiger partial charge on any atom is -0.493 e. The van der Waals surface area contributed by atoms with Crippen LogP contribution in [0, 0.1) is 0 Å². The average molecular weight is 290 g/mol. The highest BCUT2D eigenvalue weighted by Crippen LogP contribution is 2.27. The van der Waals surface area contributed by atoms with Crippen LogP contribution < -0.4 is 4.74 Å². The second-order valence-electron chi connectivity index (χ2n) is 5.30. The molecule has 1 heterocycles. The van der Waals surface area contributed by atoms with E-state index >= 15 is 0 Å². The minimum atomic E-state index is -0.263. The fraction of sp³-hybridized carbons (Fsp3) is 0.529. The standard InChI is InChI=1S/C17H22O4/c1-20-16(19)11-10-13-7-6-9-15-17(13)14(18)8-4-2-3-5-12-21-15/h6-7,9H,2-5,8,10-12H2,1H3. The first-order valence-electron chi connectivity index (χ1n) is 7.57. The SMILES string of the molecule is COC(=O)CCc1cccc2c1C(=O)CCCCCCO2. The molecule has 1 aromatic rings. The summed E-state index contributed by atoms with van der Waals surface area (Å²) in [5, 5.41) is 0. The van der Waals surface area contributed by atoms with E-state index in [4.69, 9.17) is 4.74 Å². The smallest absolute Gasteiger partial charge is 0.305 e. The molecule has 0 unspecified atom stereocenters. The number of carbonyl (C=O) groups is 2. The van der Waals surface area contributed by atoms with Crippen LogP contribution in [0.3, 0.4) is 0 Å². The highest BCUT2D eigenvalue weighted by molar-refractivity contribution is 6.00. The third-order valence-electron chi connectivity index (χ3n) is 3.77. The van der Waals surface area contributed by atoms with Gasteiger partial charge in [0, 0.05) is 12.8 Å². The van der Waals surface area contributed by atoms with Crippen molar-refractivity contribution in [3.63, 3.8) is 0 Å². The Bertz CT molecular complexity index is 508. The van der Waals surface area contributed by atoms with Crippen molar-refractivity contribution in [1.29, 1.82) is 0 Å². The first-order chi connectivity index (χ1) is 10.2. The largest absolute Gasteiger partial charge is 0.493 e. The molecule has 0 fully saturated rings. The van der Waals surface area contributed by atoms with E-state index in [0.29, 0.717) is 30.8 Å². The van der Waals surface area contributed by atoms with Gasteiger partial charge in [-0.2, -0.15) is 0 Å². The summed E-state index contributed by atoms with van der Waals surface area (Å²) in [7, 11) is 1.37. The van der Waals surface area contributed by atoms with Crippen molar-refractivity contribution in [2.45, 2.75) is 44.9 Å². The van der Waals surface area contributed by atoms with Gasteiger partial charge in [0.1, 0.15) is 5.75 Å². The molecular weight excluding hydrogens is 268 g/mol. The summed E-state index contributed by atoms with van der Waals surface area (Å²) in [5.74, 6) is 0.512. The van der Waals surface area contributed by atoms with Gasteiger partial charge in [-0.25, -0.2) is 0 Å². The summed E-state index contributed by atoms with van der Waals surface area (Å²) < 4.78 is 10.4. The lowest BCUT2D eigenvalue weighted by Gasteiger charge is -2.16. The maximum absolute atomic E-state index is 12.5. The van der Waals surface area contributed by atoms with Crippen LogP contribution in [0.15, 0.2) is 18.2 Å². The quantitative estimate of drug-likeness (QED) is 0.801. The average Bonchev–Trinajstić information content (AvgIpc) is 2.51. The van der Waals surface area contributed by atoms with Crippen LogP contribution in [-0.2, 0) is 16.0 Å². The van der Waals surface area contributed by atoms with Gasteiger partial charge >= 0.3 is 5.97 Å². The zero-order chi connectivity index (χ0) is 15.1. The predicted octanol–water partition coefficient (Wildman–Crippen LogP) is 3.32. The fourth-order valence-electron chi connectivity index (χ4n) is 2.61. The summed E-state index contributed by atoms with van der Waals surface area (Å²) in [6.45, 7) is 0.640. The van der Waals surface area contributed by atoms with Crippen LogP contribution >= 0.6 is 0 Å². The van der Waals surface area contributed by atoms with Gasteiger partial charge in [0.15, 0.2) is 5.78 Å². The molecule has 0 radical (unpaired) electrons. The van der Waals surface area contributed by atoms with E-state index in [0.717, 1.165) is 31.2 Å². The van der Waals surface area contributed by atoms with Crippen LogP contribution in [-0.4, -0.2) is 25.5 Å². The molecule has 0 aromatic heterocycles. The molecule has 1 aromatic carbocycles. The van der Waals surface area contributed by atoms with Crippen molar-refractivity contribution < 1.29 is 19.1 Å². The predicted molar refractivity (Wildman–Crippen MR) is 79.7 cm³/mol. The first kappa shape index (κ1) is 15.5. The Morgan fingerprint density at radius 2 is 2.05 bits per heavy atom. The van der Waals surface area contributed by atoms with Gasteiger partial charge in [-0.05, 0) is 30.9 Å². The molecule has 4 heteroatoms. The van der Waals surface area contributed by atoms with Crippen molar-refractivity contribution >= 4 is 11.8 Å². The third kappa shape index (κ3) is 4.31. The number of hydrogen-bond acceptors (Lipinski definition) is 4. The molecular formula is C17H22O4. The van der Waals surface area contributed by atoms with E-state index in [1.807, 2.05) is 18.2 Å². The lowest BCUT2D eigenvalue weighted by atomic mass is 9.95. The number of benzene rings is 1. The molecule has 1 aliphatic heterocycles. The van der Waals surface area contributed by atoms with Gasteiger partial charge in [-0.1, -0.05) is 25.0 Å². The number of methoxy groups -OCH3 is 1. The molecule has 0 saturated heterocycles. The molecule has 0 amide bonds. The Morgan fingerprint density at radius 1 is 1.24 bits per heavy atom. The second-order valence-corrected chi connectivity index (χ2v) is 5.30. The van der Waals surface area contributed by atoms with Crippen molar-refractivity contribution in [3.8, 4) is 5.75 Å². The molecule has 114 valence electrons. The summed E-state index contributed by atoms with van der Waals surface area (Å²) in [5.41, 5.74) is 1.53. The van der Waals surface area contributed by atoms with Crippen LogP contribution in [0.1, 0.15) is 54.4 Å². The maximum atomic E-state index is 12.5. The third-order valence-corrected chi connectivity index (χ3v) is 3.77. The molecule has 0 aliphatic carbocycles. The summed E-state index contributed by atoms with van der Waals surface area (Å²) in [4.78, 5) is 23.8. The highest BCUT2D eigenvalue weighted by atomic mass is 16.5. The topological polar surface area (TPSA) is 52.6 Å². The Kier molecular flexibility index (Phi) is 5.78. The number of rotatable bonds is 3. The number of carbonyl (C=O) groups excluding carboxylic acids is 2. The molecule has 4 nitrogen and oxygen atoms in total. The lowest BCUT2D eigenvalue weighted by molar-refractivity contribution is -0.140. The highest BCUT2D eigenvalue weighted by Gasteiger charge is 2.18. The van der Waals surface area contributed by atoms with Gasteiger partial charge in [0.2, 0.25) is 0 Å². The van der Waals surface area contributed by atoms with Crippen LogP contribution in [0.4, 0.5) is 0 Å².